The monoisotopic (exact) mass is 275 g/mol. The number of hydrogen-bond acceptors (Lipinski definition) is 3. The summed E-state index contributed by atoms with van der Waals surface area (Å²) in [5, 5.41) is 0. The molecule has 2 aromatic rings. The lowest BCUT2D eigenvalue weighted by molar-refractivity contribution is 0.221. The number of fused-ring (bicyclic) bond motifs is 1. The van der Waals surface area contributed by atoms with Gasteiger partial charge in [0.25, 0.3) is 0 Å². The van der Waals surface area contributed by atoms with Gasteiger partial charge in [0.2, 0.25) is 0 Å². The van der Waals surface area contributed by atoms with Crippen LogP contribution in [0.4, 0.5) is 0 Å². The number of piperidine rings is 1. The maximum absolute atomic E-state index is 12.1. The molecule has 1 aliphatic rings. The summed E-state index contributed by atoms with van der Waals surface area (Å²) in [5.74, 6) is 0.766. The van der Waals surface area contributed by atoms with Gasteiger partial charge in [0.1, 0.15) is 5.75 Å². The predicted octanol–water partition coefficient (Wildman–Crippen LogP) is 1.82. The van der Waals surface area contributed by atoms with E-state index in [1.165, 1.54) is 19.3 Å². The molecule has 0 spiro atoms. The number of ether oxygens (including phenoxy) is 1. The summed E-state index contributed by atoms with van der Waals surface area (Å²) in [5.41, 5.74) is 1.76. The second kappa shape index (κ2) is 5.71. The first-order chi connectivity index (χ1) is 9.78. The molecule has 3 rings (SSSR count). The number of aromatic nitrogens is 2. The fourth-order valence-corrected chi connectivity index (χ4v) is 2.92. The Balaban J connectivity index is 1.80. The van der Waals surface area contributed by atoms with E-state index in [4.69, 9.17) is 4.74 Å². The van der Waals surface area contributed by atoms with Crippen LogP contribution in [0.5, 0.6) is 5.75 Å². The molecule has 108 valence electrons. The minimum atomic E-state index is -0.0368. The average Bonchev–Trinajstić information content (AvgIpc) is 2.80. The zero-order valence-electron chi connectivity index (χ0n) is 11.9. The highest BCUT2D eigenvalue weighted by Crippen LogP contribution is 2.18. The molecule has 1 fully saturated rings. The molecule has 5 nitrogen and oxygen atoms in total. The zero-order valence-corrected chi connectivity index (χ0v) is 11.9. The second-order valence-corrected chi connectivity index (χ2v) is 5.37. The van der Waals surface area contributed by atoms with Gasteiger partial charge in [0.05, 0.1) is 18.1 Å². The number of nitrogens with zero attached hydrogens (tertiary/aromatic N) is 2. The quantitative estimate of drug-likeness (QED) is 0.926. The lowest BCUT2D eigenvalue weighted by atomic mass is 10.1. The zero-order chi connectivity index (χ0) is 13.9. The van der Waals surface area contributed by atoms with E-state index in [1.54, 1.807) is 7.11 Å². The molecule has 20 heavy (non-hydrogen) atoms. The molecule has 0 saturated carbocycles. The Morgan fingerprint density at radius 1 is 1.20 bits per heavy atom. The number of benzene rings is 1. The number of imidazole rings is 1. The average molecular weight is 275 g/mol. The molecule has 2 heterocycles. The third-order valence-corrected chi connectivity index (χ3v) is 4.07. The summed E-state index contributed by atoms with van der Waals surface area (Å²) in [6.07, 6.45) is 3.89. The van der Waals surface area contributed by atoms with Crippen molar-refractivity contribution >= 4 is 11.0 Å². The maximum Gasteiger partial charge on any atom is 0.326 e. The van der Waals surface area contributed by atoms with E-state index in [1.807, 2.05) is 22.8 Å². The Kier molecular flexibility index (Phi) is 3.78. The summed E-state index contributed by atoms with van der Waals surface area (Å²) in [4.78, 5) is 17.4. The molecule has 5 heteroatoms. The Morgan fingerprint density at radius 2 is 2.00 bits per heavy atom. The summed E-state index contributed by atoms with van der Waals surface area (Å²) < 4.78 is 7.01. The van der Waals surface area contributed by atoms with Crippen LogP contribution in [0.1, 0.15) is 19.3 Å². The largest absolute Gasteiger partial charge is 0.497 e. The van der Waals surface area contributed by atoms with Gasteiger partial charge in [0.15, 0.2) is 0 Å². The first-order valence-electron chi connectivity index (χ1n) is 7.27. The molecule has 0 bridgehead atoms. The number of likely N-dealkylation sites (tertiary alicyclic amines) is 1. The van der Waals surface area contributed by atoms with Crippen molar-refractivity contribution in [3.05, 3.63) is 28.7 Å². The molecule has 1 aliphatic heterocycles. The van der Waals surface area contributed by atoms with Crippen molar-refractivity contribution in [3.8, 4) is 5.75 Å². The number of H-pyrrole nitrogens is 1. The van der Waals surface area contributed by atoms with E-state index < -0.39 is 0 Å². The van der Waals surface area contributed by atoms with Gasteiger partial charge in [-0.15, -0.1) is 0 Å². The topological polar surface area (TPSA) is 50.3 Å². The van der Waals surface area contributed by atoms with Crippen LogP contribution >= 0.6 is 0 Å². The molecule has 0 amide bonds. The molecule has 0 atom stereocenters. The molecule has 1 saturated heterocycles. The van der Waals surface area contributed by atoms with Crippen LogP contribution in [0.2, 0.25) is 0 Å². The van der Waals surface area contributed by atoms with Gasteiger partial charge in [0, 0.05) is 19.2 Å². The van der Waals surface area contributed by atoms with E-state index in [9.17, 15) is 4.79 Å². The van der Waals surface area contributed by atoms with Crippen LogP contribution < -0.4 is 10.4 Å². The van der Waals surface area contributed by atoms with Crippen molar-refractivity contribution in [1.82, 2.24) is 14.5 Å². The number of hydrogen-bond donors (Lipinski definition) is 1. The van der Waals surface area contributed by atoms with Crippen molar-refractivity contribution in [2.45, 2.75) is 25.8 Å². The normalized spacial score (nSPS) is 16.6. The van der Waals surface area contributed by atoms with Gasteiger partial charge in [-0.25, -0.2) is 4.79 Å². The summed E-state index contributed by atoms with van der Waals surface area (Å²) in [7, 11) is 1.63. The van der Waals surface area contributed by atoms with Crippen molar-refractivity contribution in [2.24, 2.45) is 0 Å². The van der Waals surface area contributed by atoms with Gasteiger partial charge in [-0.2, -0.15) is 0 Å². The lowest BCUT2D eigenvalue weighted by Gasteiger charge is -2.26. The molecular formula is C15H21N3O2. The predicted molar refractivity (Wildman–Crippen MR) is 79.4 cm³/mol. The summed E-state index contributed by atoms with van der Waals surface area (Å²) in [6, 6.07) is 5.71. The van der Waals surface area contributed by atoms with Crippen LogP contribution in [-0.4, -0.2) is 41.2 Å². The Morgan fingerprint density at radius 3 is 2.75 bits per heavy atom. The third kappa shape index (κ3) is 2.58. The van der Waals surface area contributed by atoms with E-state index >= 15 is 0 Å². The van der Waals surface area contributed by atoms with Crippen molar-refractivity contribution in [3.63, 3.8) is 0 Å². The molecule has 0 aliphatic carbocycles. The fourth-order valence-electron chi connectivity index (χ4n) is 2.92. The Bertz CT molecular complexity index is 638. The van der Waals surface area contributed by atoms with E-state index in [-0.39, 0.29) is 5.69 Å². The van der Waals surface area contributed by atoms with Crippen LogP contribution in [0.15, 0.2) is 23.0 Å². The molecule has 1 aromatic carbocycles. The maximum atomic E-state index is 12.1. The Labute approximate surface area is 118 Å². The number of methoxy groups -OCH3 is 1. The van der Waals surface area contributed by atoms with Crippen LogP contribution in [0.3, 0.4) is 0 Å². The second-order valence-electron chi connectivity index (χ2n) is 5.37. The highest BCUT2D eigenvalue weighted by molar-refractivity contribution is 5.76. The summed E-state index contributed by atoms with van der Waals surface area (Å²) >= 11 is 0. The molecule has 0 unspecified atom stereocenters. The molecule has 0 radical (unpaired) electrons. The Hall–Kier alpha value is -1.75. The van der Waals surface area contributed by atoms with E-state index in [2.05, 4.69) is 9.88 Å². The molecule has 1 N–H and O–H groups in total. The van der Waals surface area contributed by atoms with Crippen molar-refractivity contribution in [2.75, 3.05) is 26.7 Å². The molecular weight excluding hydrogens is 254 g/mol. The minimum absolute atomic E-state index is 0.0368. The lowest BCUT2D eigenvalue weighted by Crippen LogP contribution is -2.34. The van der Waals surface area contributed by atoms with Crippen LogP contribution in [-0.2, 0) is 6.54 Å². The highest BCUT2D eigenvalue weighted by atomic mass is 16.5. The van der Waals surface area contributed by atoms with E-state index in [0.717, 1.165) is 43.0 Å². The van der Waals surface area contributed by atoms with Crippen molar-refractivity contribution < 1.29 is 4.74 Å². The highest BCUT2D eigenvalue weighted by Gasteiger charge is 2.12. The van der Waals surface area contributed by atoms with Crippen molar-refractivity contribution in [1.29, 1.82) is 0 Å². The standard InChI is InChI=1S/C15H21N3O2/c1-20-12-5-6-14-13(11-12)16-15(19)18(14)10-9-17-7-3-2-4-8-17/h5-6,11H,2-4,7-10H2,1H3,(H,16,19). The van der Waals surface area contributed by atoms with Gasteiger partial charge >= 0.3 is 5.69 Å². The fraction of sp³-hybridized carbons (Fsp3) is 0.533. The van der Waals surface area contributed by atoms with Crippen LogP contribution in [0.25, 0.3) is 11.0 Å². The van der Waals surface area contributed by atoms with Gasteiger partial charge < -0.3 is 14.6 Å². The van der Waals surface area contributed by atoms with E-state index in [0.29, 0.717) is 0 Å². The van der Waals surface area contributed by atoms with Gasteiger partial charge in [-0.3, -0.25) is 4.57 Å². The smallest absolute Gasteiger partial charge is 0.326 e. The first kappa shape index (κ1) is 13.2. The molecule has 1 aromatic heterocycles. The van der Waals surface area contributed by atoms with Crippen LogP contribution in [0, 0.1) is 0 Å². The van der Waals surface area contributed by atoms with Gasteiger partial charge in [-0.1, -0.05) is 6.42 Å². The number of rotatable bonds is 4. The number of aromatic amines is 1. The first-order valence-corrected chi connectivity index (χ1v) is 7.27. The SMILES string of the molecule is COc1ccc2c(c1)[nH]c(=O)n2CCN1CCCCC1. The van der Waals surface area contributed by atoms with Gasteiger partial charge in [-0.05, 0) is 38.1 Å². The number of nitrogens with one attached hydrogen (secondary N) is 1. The summed E-state index contributed by atoms with van der Waals surface area (Å²) in [6.45, 7) is 4.00. The minimum Gasteiger partial charge on any atom is -0.497 e. The third-order valence-electron chi connectivity index (χ3n) is 4.07.